The smallest absolute Gasteiger partial charge is 0.308 e. The van der Waals surface area contributed by atoms with Crippen molar-refractivity contribution >= 4 is 29.2 Å². The fourth-order valence-corrected chi connectivity index (χ4v) is 1.97. The van der Waals surface area contributed by atoms with E-state index in [4.69, 9.17) is 22.4 Å². The minimum Gasteiger partial charge on any atom is -0.481 e. The van der Waals surface area contributed by atoms with Crippen molar-refractivity contribution in [3.05, 3.63) is 11.3 Å². The lowest BCUT2D eigenvalue weighted by Gasteiger charge is -2.18. The van der Waals surface area contributed by atoms with Gasteiger partial charge in [-0.3, -0.25) is 4.79 Å². The van der Waals surface area contributed by atoms with Crippen molar-refractivity contribution in [1.29, 1.82) is 0 Å². The molecule has 1 saturated heterocycles. The van der Waals surface area contributed by atoms with Gasteiger partial charge in [0, 0.05) is 13.1 Å². The van der Waals surface area contributed by atoms with Crippen LogP contribution in [0.3, 0.4) is 0 Å². The van der Waals surface area contributed by atoms with Crippen LogP contribution in [0.4, 0.5) is 11.6 Å². The van der Waals surface area contributed by atoms with E-state index < -0.39 is 5.97 Å². The summed E-state index contributed by atoms with van der Waals surface area (Å²) < 4.78 is 0. The molecule has 2 rings (SSSR count). The standard InChI is InChI=1S/C9H11ClN4O2/c10-6-7(11)12-4-13-8(6)14-2-1-5(3-14)9(15)16/h4-5H,1-3H2,(H,15,16)(H2,11,12,13). The molecule has 86 valence electrons. The lowest BCUT2D eigenvalue weighted by Crippen LogP contribution is -2.24. The lowest BCUT2D eigenvalue weighted by molar-refractivity contribution is -0.140. The Hall–Kier alpha value is -1.56. The molecule has 0 saturated carbocycles. The van der Waals surface area contributed by atoms with E-state index in [-0.39, 0.29) is 16.8 Å². The van der Waals surface area contributed by atoms with E-state index in [2.05, 4.69) is 9.97 Å². The van der Waals surface area contributed by atoms with Gasteiger partial charge in [0.2, 0.25) is 0 Å². The van der Waals surface area contributed by atoms with Crippen LogP contribution >= 0.6 is 11.6 Å². The molecule has 3 N–H and O–H groups in total. The van der Waals surface area contributed by atoms with Gasteiger partial charge in [-0.2, -0.15) is 0 Å². The first kappa shape index (κ1) is 10.9. The molecule has 6 nitrogen and oxygen atoms in total. The summed E-state index contributed by atoms with van der Waals surface area (Å²) in [5, 5.41) is 9.17. The molecule has 0 spiro atoms. The summed E-state index contributed by atoms with van der Waals surface area (Å²) in [4.78, 5) is 20.4. The maximum absolute atomic E-state index is 10.8. The molecule has 1 aromatic rings. The lowest BCUT2D eigenvalue weighted by atomic mass is 10.1. The van der Waals surface area contributed by atoms with E-state index in [1.165, 1.54) is 6.33 Å². The number of anilines is 2. The number of aliphatic carboxylic acids is 1. The molecule has 7 heteroatoms. The van der Waals surface area contributed by atoms with Crippen molar-refractivity contribution in [2.24, 2.45) is 5.92 Å². The molecule has 0 aromatic carbocycles. The Kier molecular flexibility index (Phi) is 2.82. The van der Waals surface area contributed by atoms with Crippen LogP contribution in [0, 0.1) is 5.92 Å². The summed E-state index contributed by atoms with van der Waals surface area (Å²) in [7, 11) is 0. The van der Waals surface area contributed by atoms with Gasteiger partial charge in [0.25, 0.3) is 0 Å². The normalized spacial score (nSPS) is 20.1. The predicted molar refractivity (Wildman–Crippen MR) is 59.4 cm³/mol. The highest BCUT2D eigenvalue weighted by molar-refractivity contribution is 6.35. The van der Waals surface area contributed by atoms with Crippen LogP contribution < -0.4 is 10.6 Å². The van der Waals surface area contributed by atoms with E-state index >= 15 is 0 Å². The summed E-state index contributed by atoms with van der Waals surface area (Å²) in [5.41, 5.74) is 5.56. The minimum absolute atomic E-state index is 0.213. The fraction of sp³-hybridized carbons (Fsp3) is 0.444. The SMILES string of the molecule is Nc1ncnc(N2CCC(C(=O)O)C2)c1Cl. The van der Waals surface area contributed by atoms with Gasteiger partial charge in [0.15, 0.2) is 5.82 Å². The first-order chi connectivity index (χ1) is 7.59. The van der Waals surface area contributed by atoms with Crippen molar-refractivity contribution < 1.29 is 9.90 Å². The van der Waals surface area contributed by atoms with Gasteiger partial charge in [-0.05, 0) is 6.42 Å². The van der Waals surface area contributed by atoms with Crippen molar-refractivity contribution in [2.45, 2.75) is 6.42 Å². The van der Waals surface area contributed by atoms with Gasteiger partial charge in [0.05, 0.1) is 5.92 Å². The maximum Gasteiger partial charge on any atom is 0.308 e. The second kappa shape index (κ2) is 4.13. The average Bonchev–Trinajstić information content (AvgIpc) is 2.71. The van der Waals surface area contributed by atoms with E-state index in [1.807, 2.05) is 4.90 Å². The Morgan fingerprint density at radius 2 is 2.38 bits per heavy atom. The molecule has 1 atom stereocenters. The zero-order valence-corrected chi connectivity index (χ0v) is 9.18. The number of nitrogens with zero attached hydrogens (tertiary/aromatic N) is 3. The van der Waals surface area contributed by atoms with Crippen LogP contribution in [0.1, 0.15) is 6.42 Å². The number of hydrogen-bond acceptors (Lipinski definition) is 5. The Morgan fingerprint density at radius 1 is 1.62 bits per heavy atom. The van der Waals surface area contributed by atoms with Gasteiger partial charge in [-0.15, -0.1) is 0 Å². The second-order valence-electron chi connectivity index (χ2n) is 3.67. The van der Waals surface area contributed by atoms with Crippen LogP contribution in [0.5, 0.6) is 0 Å². The average molecular weight is 243 g/mol. The zero-order valence-electron chi connectivity index (χ0n) is 8.43. The first-order valence-corrected chi connectivity index (χ1v) is 5.21. The number of rotatable bonds is 2. The van der Waals surface area contributed by atoms with Crippen molar-refractivity contribution in [2.75, 3.05) is 23.7 Å². The minimum atomic E-state index is -0.791. The molecule has 1 aliphatic heterocycles. The number of carbonyl (C=O) groups is 1. The quantitative estimate of drug-likeness (QED) is 0.790. The summed E-state index contributed by atoms with van der Waals surface area (Å²) in [6.07, 6.45) is 1.92. The number of nitrogen functional groups attached to an aromatic ring is 1. The molecule has 0 aliphatic carbocycles. The van der Waals surface area contributed by atoms with E-state index in [0.29, 0.717) is 25.3 Å². The Bertz CT molecular complexity index is 426. The van der Waals surface area contributed by atoms with Crippen LogP contribution in [0.2, 0.25) is 5.02 Å². The number of carboxylic acids is 1. The molecular formula is C9H11ClN4O2. The number of halogens is 1. The van der Waals surface area contributed by atoms with Gasteiger partial charge < -0.3 is 15.7 Å². The highest BCUT2D eigenvalue weighted by atomic mass is 35.5. The molecule has 1 unspecified atom stereocenters. The topological polar surface area (TPSA) is 92.3 Å². The number of nitrogens with two attached hydrogens (primary N) is 1. The summed E-state index contributed by atoms with van der Waals surface area (Å²) >= 11 is 5.96. The Morgan fingerprint density at radius 3 is 3.00 bits per heavy atom. The highest BCUT2D eigenvalue weighted by Crippen LogP contribution is 2.30. The third-order valence-electron chi connectivity index (χ3n) is 2.64. The third kappa shape index (κ3) is 1.88. The van der Waals surface area contributed by atoms with E-state index in [0.717, 1.165) is 0 Å². The van der Waals surface area contributed by atoms with Gasteiger partial charge in [-0.25, -0.2) is 9.97 Å². The maximum atomic E-state index is 10.8. The van der Waals surface area contributed by atoms with Gasteiger partial charge in [0.1, 0.15) is 17.2 Å². The number of carboxylic acid groups (broad SMARTS) is 1. The van der Waals surface area contributed by atoms with Gasteiger partial charge >= 0.3 is 5.97 Å². The van der Waals surface area contributed by atoms with Crippen LogP contribution in [-0.2, 0) is 4.79 Å². The summed E-state index contributed by atoms with van der Waals surface area (Å²) in [6.45, 7) is 1.03. The van der Waals surface area contributed by atoms with Crippen molar-refractivity contribution in [3.8, 4) is 0 Å². The molecule has 1 aromatic heterocycles. The Balaban J connectivity index is 2.21. The van der Waals surface area contributed by atoms with Crippen molar-refractivity contribution in [3.63, 3.8) is 0 Å². The van der Waals surface area contributed by atoms with Gasteiger partial charge in [-0.1, -0.05) is 11.6 Å². The largest absolute Gasteiger partial charge is 0.481 e. The van der Waals surface area contributed by atoms with Crippen LogP contribution in [-0.4, -0.2) is 34.1 Å². The monoisotopic (exact) mass is 242 g/mol. The van der Waals surface area contributed by atoms with Crippen molar-refractivity contribution in [1.82, 2.24) is 9.97 Å². The molecule has 0 radical (unpaired) electrons. The zero-order chi connectivity index (χ0) is 11.7. The highest BCUT2D eigenvalue weighted by Gasteiger charge is 2.30. The third-order valence-corrected chi connectivity index (χ3v) is 3.00. The molecular weight excluding hydrogens is 232 g/mol. The first-order valence-electron chi connectivity index (χ1n) is 4.83. The predicted octanol–water partition coefficient (Wildman–Crippen LogP) is 0.623. The fourth-order valence-electron chi connectivity index (χ4n) is 1.75. The molecule has 2 heterocycles. The molecule has 1 fully saturated rings. The second-order valence-corrected chi connectivity index (χ2v) is 4.04. The molecule has 0 amide bonds. The summed E-state index contributed by atoms with van der Waals surface area (Å²) in [6, 6.07) is 0. The van der Waals surface area contributed by atoms with E-state index in [9.17, 15) is 4.79 Å². The van der Waals surface area contributed by atoms with E-state index in [1.54, 1.807) is 0 Å². The molecule has 0 bridgehead atoms. The summed E-state index contributed by atoms with van der Waals surface area (Å²) in [5.74, 6) is -0.434. The number of aromatic nitrogens is 2. The van der Waals surface area contributed by atoms with Crippen LogP contribution in [0.25, 0.3) is 0 Å². The Labute approximate surface area is 97.0 Å². The molecule has 16 heavy (non-hydrogen) atoms. The number of hydrogen-bond donors (Lipinski definition) is 2. The molecule has 1 aliphatic rings. The van der Waals surface area contributed by atoms with Crippen LogP contribution in [0.15, 0.2) is 6.33 Å².